The molecule has 9 heteroatoms. The van der Waals surface area contributed by atoms with Gasteiger partial charge in [-0.15, -0.1) is 0 Å². The second-order valence-corrected chi connectivity index (χ2v) is 4.17. The van der Waals surface area contributed by atoms with E-state index in [0.717, 1.165) is 6.07 Å². The maximum absolute atomic E-state index is 12.6. The third-order valence-corrected chi connectivity index (χ3v) is 2.34. The Bertz CT molecular complexity index is 531. The summed E-state index contributed by atoms with van der Waals surface area (Å²) in [5.74, 6) is -1.90. The minimum atomic E-state index is -4.65. The Hall–Kier alpha value is -2.32. The van der Waals surface area contributed by atoms with Crippen molar-refractivity contribution < 1.29 is 22.8 Å². The lowest BCUT2D eigenvalue weighted by atomic mass is 10.1. The van der Waals surface area contributed by atoms with Crippen LogP contribution in [0, 0.1) is 0 Å². The van der Waals surface area contributed by atoms with Crippen LogP contribution in [-0.4, -0.2) is 22.8 Å². The van der Waals surface area contributed by atoms with E-state index in [2.05, 4.69) is 10.3 Å². The molecule has 110 valence electrons. The first-order chi connectivity index (χ1) is 9.11. The molecule has 1 aromatic heterocycles. The maximum atomic E-state index is 12.6. The normalized spacial score (nSPS) is 12.8. The second-order valence-electron chi connectivity index (χ2n) is 4.17. The van der Waals surface area contributed by atoms with Crippen LogP contribution in [0.1, 0.15) is 29.4 Å². The highest BCUT2D eigenvalue weighted by Gasteiger charge is 2.33. The number of halogens is 3. The number of alkyl halides is 3. The predicted molar refractivity (Wildman–Crippen MR) is 64.7 cm³/mol. The van der Waals surface area contributed by atoms with Crippen LogP contribution >= 0.6 is 0 Å². The van der Waals surface area contributed by atoms with Crippen molar-refractivity contribution in [2.24, 2.45) is 11.5 Å². The molecule has 0 aliphatic rings. The molecule has 0 saturated carbocycles. The SMILES string of the molecule is CC(CC(N)=O)Nc1nc(C(F)(F)F)ccc1C(N)=O. The zero-order valence-corrected chi connectivity index (χ0v) is 10.5. The first kappa shape index (κ1) is 15.7. The molecular weight excluding hydrogens is 277 g/mol. The second kappa shape index (κ2) is 5.76. The van der Waals surface area contributed by atoms with Gasteiger partial charge in [0, 0.05) is 12.5 Å². The van der Waals surface area contributed by atoms with Gasteiger partial charge in [0.15, 0.2) is 0 Å². The lowest BCUT2D eigenvalue weighted by Crippen LogP contribution is -2.27. The van der Waals surface area contributed by atoms with Crippen molar-refractivity contribution in [2.75, 3.05) is 5.32 Å². The van der Waals surface area contributed by atoms with Gasteiger partial charge in [0.2, 0.25) is 5.91 Å². The number of carbonyl (C=O) groups excluding carboxylic acids is 2. The Morgan fingerprint density at radius 1 is 1.35 bits per heavy atom. The van der Waals surface area contributed by atoms with E-state index in [9.17, 15) is 22.8 Å². The molecule has 0 saturated heterocycles. The van der Waals surface area contributed by atoms with E-state index in [1.165, 1.54) is 6.92 Å². The zero-order valence-electron chi connectivity index (χ0n) is 10.5. The molecule has 0 aromatic carbocycles. The quantitative estimate of drug-likeness (QED) is 0.747. The molecule has 0 radical (unpaired) electrons. The van der Waals surface area contributed by atoms with Crippen molar-refractivity contribution in [1.82, 2.24) is 4.98 Å². The van der Waals surface area contributed by atoms with Crippen LogP contribution in [0.3, 0.4) is 0 Å². The van der Waals surface area contributed by atoms with Crippen LogP contribution in [0.2, 0.25) is 0 Å². The van der Waals surface area contributed by atoms with Gasteiger partial charge in [-0.1, -0.05) is 0 Å². The van der Waals surface area contributed by atoms with Gasteiger partial charge in [0.1, 0.15) is 11.5 Å². The summed E-state index contributed by atoms with van der Waals surface area (Å²) in [6.07, 6.45) is -4.78. The van der Waals surface area contributed by atoms with Crippen LogP contribution in [0.4, 0.5) is 19.0 Å². The van der Waals surface area contributed by atoms with E-state index in [-0.39, 0.29) is 17.8 Å². The molecular formula is C11H13F3N4O2. The molecule has 2 amide bonds. The van der Waals surface area contributed by atoms with Crippen LogP contribution < -0.4 is 16.8 Å². The highest BCUT2D eigenvalue weighted by Crippen LogP contribution is 2.29. The molecule has 0 spiro atoms. The van der Waals surface area contributed by atoms with Crippen molar-refractivity contribution in [3.63, 3.8) is 0 Å². The lowest BCUT2D eigenvalue weighted by Gasteiger charge is -2.16. The fourth-order valence-corrected chi connectivity index (χ4v) is 1.51. The smallest absolute Gasteiger partial charge is 0.370 e. The van der Waals surface area contributed by atoms with Gasteiger partial charge in [-0.05, 0) is 19.1 Å². The Kier molecular flexibility index (Phi) is 4.53. The first-order valence-electron chi connectivity index (χ1n) is 5.54. The number of amides is 2. The van der Waals surface area contributed by atoms with Gasteiger partial charge in [-0.3, -0.25) is 9.59 Å². The molecule has 1 aromatic rings. The summed E-state index contributed by atoms with van der Waals surface area (Å²) in [7, 11) is 0. The molecule has 0 aliphatic heterocycles. The van der Waals surface area contributed by atoms with E-state index in [1.807, 2.05) is 0 Å². The Labute approximate surface area is 112 Å². The van der Waals surface area contributed by atoms with Gasteiger partial charge in [0.05, 0.1) is 5.56 Å². The third-order valence-electron chi connectivity index (χ3n) is 2.34. The van der Waals surface area contributed by atoms with Gasteiger partial charge >= 0.3 is 6.18 Å². The number of pyridine rings is 1. The number of rotatable bonds is 5. The predicted octanol–water partition coefficient (Wildman–Crippen LogP) is 0.875. The van der Waals surface area contributed by atoms with Gasteiger partial charge in [-0.2, -0.15) is 13.2 Å². The number of aromatic nitrogens is 1. The molecule has 1 atom stereocenters. The van der Waals surface area contributed by atoms with Crippen molar-refractivity contribution in [1.29, 1.82) is 0 Å². The summed E-state index contributed by atoms with van der Waals surface area (Å²) in [5.41, 5.74) is 8.66. The number of primary amides is 2. The highest BCUT2D eigenvalue weighted by molar-refractivity contribution is 5.97. The average molecular weight is 290 g/mol. The third kappa shape index (κ3) is 4.11. The summed E-state index contributed by atoms with van der Waals surface area (Å²) in [6.45, 7) is 1.51. The van der Waals surface area contributed by atoms with Crippen LogP contribution in [0.15, 0.2) is 12.1 Å². The number of hydrogen-bond acceptors (Lipinski definition) is 4. The highest BCUT2D eigenvalue weighted by atomic mass is 19.4. The monoisotopic (exact) mass is 290 g/mol. The molecule has 5 N–H and O–H groups in total. The van der Waals surface area contributed by atoms with Gasteiger partial charge < -0.3 is 16.8 Å². The van der Waals surface area contributed by atoms with E-state index >= 15 is 0 Å². The van der Waals surface area contributed by atoms with E-state index in [0.29, 0.717) is 6.07 Å². The maximum Gasteiger partial charge on any atom is 0.433 e. The average Bonchev–Trinajstić information content (AvgIpc) is 2.25. The summed E-state index contributed by atoms with van der Waals surface area (Å²) >= 11 is 0. The van der Waals surface area contributed by atoms with Crippen molar-refractivity contribution in [3.05, 3.63) is 23.4 Å². The lowest BCUT2D eigenvalue weighted by molar-refractivity contribution is -0.141. The number of anilines is 1. The van der Waals surface area contributed by atoms with E-state index < -0.39 is 29.7 Å². The summed E-state index contributed by atoms with van der Waals surface area (Å²) < 4.78 is 37.7. The number of nitrogens with one attached hydrogen (secondary N) is 1. The Morgan fingerprint density at radius 3 is 2.40 bits per heavy atom. The molecule has 0 aliphatic carbocycles. The Balaban J connectivity index is 3.12. The minimum absolute atomic E-state index is 0.129. The fraction of sp³-hybridized carbons (Fsp3) is 0.364. The van der Waals surface area contributed by atoms with Crippen molar-refractivity contribution >= 4 is 17.6 Å². The summed E-state index contributed by atoms with van der Waals surface area (Å²) in [5, 5.41) is 2.52. The number of nitrogens with two attached hydrogens (primary N) is 2. The van der Waals surface area contributed by atoms with Crippen molar-refractivity contribution in [2.45, 2.75) is 25.6 Å². The summed E-state index contributed by atoms with van der Waals surface area (Å²) in [4.78, 5) is 25.2. The number of hydrogen-bond donors (Lipinski definition) is 3. The van der Waals surface area contributed by atoms with Crippen LogP contribution in [0.25, 0.3) is 0 Å². The molecule has 1 unspecified atom stereocenters. The summed E-state index contributed by atoms with van der Waals surface area (Å²) in [6, 6.07) is 0.989. The molecule has 0 fully saturated rings. The number of nitrogens with zero attached hydrogens (tertiary/aromatic N) is 1. The molecule has 0 bridgehead atoms. The van der Waals surface area contributed by atoms with E-state index in [4.69, 9.17) is 11.5 Å². The first-order valence-corrected chi connectivity index (χ1v) is 5.54. The standard InChI is InChI=1S/C11H13F3N4O2/c1-5(4-8(15)19)17-10-6(9(16)20)2-3-7(18-10)11(12,13)14/h2-3,5H,4H2,1H3,(H2,15,19)(H2,16,20)(H,17,18). The molecule has 6 nitrogen and oxygen atoms in total. The number of carbonyl (C=O) groups is 2. The fourth-order valence-electron chi connectivity index (χ4n) is 1.51. The van der Waals surface area contributed by atoms with Crippen LogP contribution in [-0.2, 0) is 11.0 Å². The van der Waals surface area contributed by atoms with Gasteiger partial charge in [0.25, 0.3) is 5.91 Å². The van der Waals surface area contributed by atoms with Gasteiger partial charge in [-0.25, -0.2) is 4.98 Å². The topological polar surface area (TPSA) is 111 Å². The molecule has 1 rings (SSSR count). The van der Waals surface area contributed by atoms with Crippen LogP contribution in [0.5, 0.6) is 0 Å². The Morgan fingerprint density at radius 2 is 1.95 bits per heavy atom. The minimum Gasteiger partial charge on any atom is -0.370 e. The largest absolute Gasteiger partial charge is 0.433 e. The zero-order chi connectivity index (χ0) is 15.5. The molecule has 20 heavy (non-hydrogen) atoms. The van der Waals surface area contributed by atoms with E-state index in [1.54, 1.807) is 0 Å². The molecule has 1 heterocycles. The van der Waals surface area contributed by atoms with Crippen molar-refractivity contribution in [3.8, 4) is 0 Å².